The van der Waals surface area contributed by atoms with Crippen molar-refractivity contribution in [1.29, 1.82) is 0 Å². The average Bonchev–Trinajstić information content (AvgIpc) is 2.88. The first-order chi connectivity index (χ1) is 17.7. The molecule has 2 amide bonds. The SMILES string of the molecule is O=C(O)CCN(CCc1ccc(Cl)cc1Cl)C(=O)[C@@H](NC(=O)[C@@H]1CCCC[C@H]1C(=O)O)c1ccccc1. The van der Waals surface area contributed by atoms with Gasteiger partial charge in [-0.3, -0.25) is 19.2 Å². The molecule has 1 aliphatic carbocycles. The second-order valence-corrected chi connectivity index (χ2v) is 9.99. The van der Waals surface area contributed by atoms with Gasteiger partial charge in [0.1, 0.15) is 6.04 Å². The summed E-state index contributed by atoms with van der Waals surface area (Å²) in [5, 5.41) is 22.6. The molecule has 1 saturated carbocycles. The van der Waals surface area contributed by atoms with Crippen LogP contribution in [0.4, 0.5) is 0 Å². The Morgan fingerprint density at radius 2 is 1.62 bits per heavy atom. The van der Waals surface area contributed by atoms with E-state index in [0.717, 1.165) is 18.4 Å². The Bertz CT molecular complexity index is 1130. The summed E-state index contributed by atoms with van der Waals surface area (Å²) in [5.41, 5.74) is 1.26. The fraction of sp³-hybridized carbons (Fsp3) is 0.407. The van der Waals surface area contributed by atoms with Crippen LogP contribution in [0.25, 0.3) is 0 Å². The minimum Gasteiger partial charge on any atom is -0.481 e. The lowest BCUT2D eigenvalue weighted by atomic mass is 9.78. The van der Waals surface area contributed by atoms with E-state index in [4.69, 9.17) is 23.2 Å². The molecule has 2 aromatic rings. The molecule has 10 heteroatoms. The normalized spacial score (nSPS) is 18.0. The van der Waals surface area contributed by atoms with Gasteiger partial charge in [0.2, 0.25) is 11.8 Å². The Labute approximate surface area is 225 Å². The first kappa shape index (κ1) is 28.5. The Hall–Kier alpha value is -3.10. The van der Waals surface area contributed by atoms with E-state index in [-0.39, 0.29) is 19.5 Å². The predicted octanol–water partition coefficient (Wildman–Crippen LogP) is 4.59. The van der Waals surface area contributed by atoms with E-state index in [9.17, 15) is 29.4 Å². The van der Waals surface area contributed by atoms with E-state index in [2.05, 4.69) is 5.32 Å². The second kappa shape index (κ2) is 13.4. The molecule has 0 heterocycles. The fourth-order valence-corrected chi connectivity index (χ4v) is 5.15. The van der Waals surface area contributed by atoms with Crippen LogP contribution >= 0.6 is 23.2 Å². The molecule has 0 spiro atoms. The van der Waals surface area contributed by atoms with E-state index in [0.29, 0.717) is 34.9 Å². The summed E-state index contributed by atoms with van der Waals surface area (Å²) in [7, 11) is 0. The summed E-state index contributed by atoms with van der Waals surface area (Å²) in [4.78, 5) is 51.5. The monoisotopic (exact) mass is 548 g/mol. The van der Waals surface area contributed by atoms with Gasteiger partial charge in [0.15, 0.2) is 0 Å². The molecule has 37 heavy (non-hydrogen) atoms. The van der Waals surface area contributed by atoms with Crippen LogP contribution in [0.15, 0.2) is 48.5 Å². The highest BCUT2D eigenvalue weighted by Gasteiger charge is 2.38. The van der Waals surface area contributed by atoms with Gasteiger partial charge in [0, 0.05) is 23.1 Å². The molecule has 0 aliphatic heterocycles. The van der Waals surface area contributed by atoms with E-state index in [1.807, 2.05) is 0 Å². The summed E-state index contributed by atoms with van der Waals surface area (Å²) in [6.45, 7) is 0.0909. The summed E-state index contributed by atoms with van der Waals surface area (Å²) in [6.07, 6.45) is 2.37. The van der Waals surface area contributed by atoms with Crippen LogP contribution in [0.5, 0.6) is 0 Å². The smallest absolute Gasteiger partial charge is 0.307 e. The minimum atomic E-state index is -1.10. The van der Waals surface area contributed by atoms with Gasteiger partial charge in [-0.1, -0.05) is 72.4 Å². The van der Waals surface area contributed by atoms with Crippen molar-refractivity contribution >= 4 is 47.0 Å². The number of carbonyl (C=O) groups excluding carboxylic acids is 2. The molecular weight excluding hydrogens is 519 g/mol. The highest BCUT2D eigenvalue weighted by Crippen LogP contribution is 2.31. The van der Waals surface area contributed by atoms with E-state index in [1.54, 1.807) is 48.5 Å². The van der Waals surface area contributed by atoms with Crippen molar-refractivity contribution in [3.05, 3.63) is 69.7 Å². The Balaban J connectivity index is 1.86. The van der Waals surface area contributed by atoms with Gasteiger partial charge in [0.25, 0.3) is 0 Å². The molecule has 0 bridgehead atoms. The van der Waals surface area contributed by atoms with Gasteiger partial charge in [-0.2, -0.15) is 0 Å². The standard InChI is InChI=1S/C27H30Cl2N2O6/c28-19-11-10-17(22(29)16-19)12-14-31(15-13-23(32)33)26(35)24(18-6-2-1-3-7-18)30-25(34)20-8-4-5-9-21(20)27(36)37/h1-3,6-7,10-11,16,20-21,24H,4-5,8-9,12-15H2,(H,30,34)(H,32,33)(H,36,37)/t20-,21-,24+/m1/s1. The van der Waals surface area contributed by atoms with Crippen molar-refractivity contribution in [2.45, 2.75) is 44.6 Å². The van der Waals surface area contributed by atoms with Crippen LogP contribution in [-0.4, -0.2) is 52.0 Å². The Kier molecular flexibility index (Phi) is 10.3. The predicted molar refractivity (Wildman–Crippen MR) is 139 cm³/mol. The second-order valence-electron chi connectivity index (χ2n) is 9.14. The molecule has 8 nitrogen and oxygen atoms in total. The minimum absolute atomic E-state index is 0.0697. The van der Waals surface area contributed by atoms with E-state index in [1.165, 1.54) is 4.90 Å². The van der Waals surface area contributed by atoms with Crippen molar-refractivity contribution in [2.24, 2.45) is 11.8 Å². The maximum Gasteiger partial charge on any atom is 0.307 e. The zero-order valence-corrected chi connectivity index (χ0v) is 21.8. The largest absolute Gasteiger partial charge is 0.481 e. The Morgan fingerprint density at radius 1 is 0.946 bits per heavy atom. The quantitative estimate of drug-likeness (QED) is 0.377. The molecule has 2 aromatic carbocycles. The van der Waals surface area contributed by atoms with Crippen LogP contribution < -0.4 is 5.32 Å². The number of benzene rings is 2. The number of nitrogens with zero attached hydrogens (tertiary/aromatic N) is 1. The number of aliphatic carboxylic acids is 2. The summed E-state index contributed by atoms with van der Waals surface area (Å²) in [6, 6.07) is 12.6. The number of carbonyl (C=O) groups is 4. The number of carboxylic acids is 2. The molecule has 1 fully saturated rings. The van der Waals surface area contributed by atoms with Gasteiger partial charge in [-0.05, 0) is 42.5 Å². The van der Waals surface area contributed by atoms with Crippen molar-refractivity contribution in [3.8, 4) is 0 Å². The third kappa shape index (κ3) is 7.94. The van der Waals surface area contributed by atoms with E-state index < -0.39 is 41.6 Å². The summed E-state index contributed by atoms with van der Waals surface area (Å²) >= 11 is 12.3. The van der Waals surface area contributed by atoms with E-state index >= 15 is 0 Å². The first-order valence-corrected chi connectivity index (χ1v) is 13.0. The van der Waals surface area contributed by atoms with Gasteiger partial charge in [-0.15, -0.1) is 0 Å². The molecule has 3 rings (SSSR count). The molecule has 0 saturated heterocycles. The van der Waals surface area contributed by atoms with Crippen molar-refractivity contribution < 1.29 is 29.4 Å². The molecule has 0 aromatic heterocycles. The van der Waals surface area contributed by atoms with Gasteiger partial charge in [-0.25, -0.2) is 0 Å². The molecule has 198 valence electrons. The van der Waals surface area contributed by atoms with Crippen LogP contribution in [0.1, 0.15) is 49.3 Å². The molecule has 1 aliphatic rings. The van der Waals surface area contributed by atoms with Gasteiger partial charge >= 0.3 is 11.9 Å². The molecule has 0 radical (unpaired) electrons. The van der Waals surface area contributed by atoms with Crippen LogP contribution in [-0.2, 0) is 25.6 Å². The zero-order valence-electron chi connectivity index (χ0n) is 20.2. The number of amides is 2. The Morgan fingerprint density at radius 3 is 2.24 bits per heavy atom. The number of hydrogen-bond donors (Lipinski definition) is 3. The lowest BCUT2D eigenvalue weighted by molar-refractivity contribution is -0.149. The summed E-state index contributed by atoms with van der Waals surface area (Å²) < 4.78 is 0. The van der Waals surface area contributed by atoms with Gasteiger partial charge < -0.3 is 20.4 Å². The van der Waals surface area contributed by atoms with Crippen molar-refractivity contribution in [2.75, 3.05) is 13.1 Å². The number of halogens is 2. The molecule has 3 atom stereocenters. The topological polar surface area (TPSA) is 124 Å². The molecule has 3 N–H and O–H groups in total. The maximum atomic E-state index is 13.8. The van der Waals surface area contributed by atoms with Crippen molar-refractivity contribution in [3.63, 3.8) is 0 Å². The number of carboxylic acid groups (broad SMARTS) is 2. The lowest BCUT2D eigenvalue weighted by Crippen LogP contribution is -2.47. The fourth-order valence-electron chi connectivity index (χ4n) is 4.65. The lowest BCUT2D eigenvalue weighted by Gasteiger charge is -2.31. The average molecular weight is 549 g/mol. The van der Waals surface area contributed by atoms with Crippen molar-refractivity contribution in [1.82, 2.24) is 10.2 Å². The third-order valence-corrected chi connectivity index (χ3v) is 7.25. The maximum absolute atomic E-state index is 13.8. The van der Waals surface area contributed by atoms with Crippen LogP contribution in [0, 0.1) is 11.8 Å². The molecule has 0 unspecified atom stereocenters. The van der Waals surface area contributed by atoms with Gasteiger partial charge in [0.05, 0.1) is 18.3 Å². The highest BCUT2D eigenvalue weighted by molar-refractivity contribution is 6.35. The molecular formula is C27H30Cl2N2O6. The number of nitrogens with one attached hydrogen (secondary N) is 1. The third-order valence-electron chi connectivity index (χ3n) is 6.66. The highest BCUT2D eigenvalue weighted by atomic mass is 35.5. The van der Waals surface area contributed by atoms with Crippen LogP contribution in [0.3, 0.4) is 0 Å². The number of hydrogen-bond acceptors (Lipinski definition) is 4. The summed E-state index contributed by atoms with van der Waals surface area (Å²) in [5.74, 6) is -4.61. The number of rotatable bonds is 11. The first-order valence-electron chi connectivity index (χ1n) is 12.2. The zero-order chi connectivity index (χ0) is 26.9. The van der Waals surface area contributed by atoms with Crippen LogP contribution in [0.2, 0.25) is 10.0 Å².